The molecule has 0 radical (unpaired) electrons. The summed E-state index contributed by atoms with van der Waals surface area (Å²) in [4.78, 5) is 22.8. The molecule has 1 aromatic rings. The fourth-order valence-electron chi connectivity index (χ4n) is 3.95. The van der Waals surface area contributed by atoms with Crippen molar-refractivity contribution in [2.45, 2.75) is 33.1 Å². The summed E-state index contributed by atoms with van der Waals surface area (Å²) < 4.78 is 17.5. The zero-order valence-electron chi connectivity index (χ0n) is 20.0. The Kier molecular flexibility index (Phi) is 10.5. The molecule has 6 heteroatoms. The predicted molar refractivity (Wildman–Crippen MR) is 133 cm³/mol. The van der Waals surface area contributed by atoms with Gasteiger partial charge in [-0.1, -0.05) is 55.0 Å². The van der Waals surface area contributed by atoms with Crippen molar-refractivity contribution in [1.82, 2.24) is 5.32 Å². The van der Waals surface area contributed by atoms with Gasteiger partial charge in [-0.25, -0.2) is 4.39 Å². The van der Waals surface area contributed by atoms with E-state index in [0.29, 0.717) is 11.3 Å². The van der Waals surface area contributed by atoms with Crippen LogP contribution in [0.25, 0.3) is 0 Å². The highest BCUT2D eigenvalue weighted by Gasteiger charge is 2.21. The van der Waals surface area contributed by atoms with Crippen LogP contribution in [0.1, 0.15) is 49.0 Å². The lowest BCUT2D eigenvalue weighted by atomic mass is 9.80. The fourth-order valence-corrected chi connectivity index (χ4v) is 3.95. The molecular weight excluding hydrogens is 433 g/mol. The fraction of sp³-hybridized carbons (Fsp3) is 0.357. The van der Waals surface area contributed by atoms with E-state index in [1.165, 1.54) is 5.57 Å². The lowest BCUT2D eigenvalue weighted by Gasteiger charge is -2.25. The Morgan fingerprint density at radius 3 is 2.56 bits per heavy atom. The number of amides is 1. The molecule has 1 aromatic carbocycles. The van der Waals surface area contributed by atoms with Crippen LogP contribution >= 0.6 is 0 Å². The second-order valence-electron chi connectivity index (χ2n) is 8.33. The van der Waals surface area contributed by atoms with Crippen molar-refractivity contribution in [3.05, 3.63) is 95.8 Å². The molecule has 5 nitrogen and oxygen atoms in total. The summed E-state index contributed by atoms with van der Waals surface area (Å²) in [6, 6.07) is 7.42. The van der Waals surface area contributed by atoms with E-state index in [-0.39, 0.29) is 42.5 Å². The zero-order chi connectivity index (χ0) is 25.1. The third kappa shape index (κ3) is 7.58. The third-order valence-corrected chi connectivity index (χ3v) is 6.16. The molecule has 4 unspecified atom stereocenters. The highest BCUT2D eigenvalue weighted by atomic mass is 19.1. The van der Waals surface area contributed by atoms with E-state index < -0.39 is 12.8 Å². The largest absolute Gasteiger partial charge is 0.481 e. The van der Waals surface area contributed by atoms with Crippen LogP contribution in [0.5, 0.6) is 0 Å². The second-order valence-corrected chi connectivity index (χ2v) is 8.33. The highest BCUT2D eigenvalue weighted by molar-refractivity contribution is 5.94. The summed E-state index contributed by atoms with van der Waals surface area (Å²) >= 11 is 0. The van der Waals surface area contributed by atoms with E-state index in [1.807, 2.05) is 37.3 Å². The smallest absolute Gasteiger partial charge is 0.305 e. The molecule has 34 heavy (non-hydrogen) atoms. The van der Waals surface area contributed by atoms with E-state index in [1.54, 1.807) is 18.2 Å². The first-order valence-electron chi connectivity index (χ1n) is 11.4. The number of carboxylic acids is 1. The summed E-state index contributed by atoms with van der Waals surface area (Å²) in [6.45, 7) is 9.41. The molecule has 4 atom stereocenters. The molecule has 0 fully saturated rings. The molecule has 0 saturated carbocycles. The Balaban J connectivity index is 2.14. The lowest BCUT2D eigenvalue weighted by molar-refractivity contribution is -0.136. The van der Waals surface area contributed by atoms with Gasteiger partial charge in [-0.15, -0.1) is 6.58 Å². The van der Waals surface area contributed by atoms with Crippen LogP contribution in [0.2, 0.25) is 0 Å². The van der Waals surface area contributed by atoms with Crippen LogP contribution in [0.15, 0.2) is 84.7 Å². The first kappa shape index (κ1) is 26.8. The second kappa shape index (κ2) is 13.3. The van der Waals surface area contributed by atoms with Gasteiger partial charge in [-0.05, 0) is 49.6 Å². The first-order valence-corrected chi connectivity index (χ1v) is 11.4. The van der Waals surface area contributed by atoms with Gasteiger partial charge < -0.3 is 15.2 Å². The zero-order valence-corrected chi connectivity index (χ0v) is 20.0. The lowest BCUT2D eigenvalue weighted by Crippen LogP contribution is -2.26. The Morgan fingerprint density at radius 2 is 1.97 bits per heavy atom. The van der Waals surface area contributed by atoms with Gasteiger partial charge in [0.15, 0.2) is 0 Å². The summed E-state index contributed by atoms with van der Waals surface area (Å²) in [5.41, 5.74) is 2.82. The van der Waals surface area contributed by atoms with Gasteiger partial charge in [0.2, 0.25) is 6.86 Å². The molecule has 0 heterocycles. The molecule has 0 bridgehead atoms. The molecule has 0 saturated heterocycles. The summed E-state index contributed by atoms with van der Waals surface area (Å²) in [7, 11) is 0. The Hall–Kier alpha value is -3.41. The van der Waals surface area contributed by atoms with Crippen molar-refractivity contribution >= 4 is 11.9 Å². The molecule has 0 aliphatic heterocycles. The Bertz CT molecular complexity index is 975. The van der Waals surface area contributed by atoms with Crippen molar-refractivity contribution < 1.29 is 23.8 Å². The van der Waals surface area contributed by atoms with Crippen LogP contribution in [0.3, 0.4) is 0 Å². The van der Waals surface area contributed by atoms with Crippen molar-refractivity contribution in [3.8, 4) is 0 Å². The maximum Gasteiger partial charge on any atom is 0.305 e. The summed E-state index contributed by atoms with van der Waals surface area (Å²) in [5, 5.41) is 11.3. The number of alkyl halides is 1. The molecule has 2 N–H and O–H groups in total. The molecule has 1 aliphatic rings. The van der Waals surface area contributed by atoms with E-state index in [2.05, 4.69) is 44.0 Å². The average molecular weight is 468 g/mol. The van der Waals surface area contributed by atoms with E-state index >= 15 is 0 Å². The van der Waals surface area contributed by atoms with Crippen molar-refractivity contribution in [1.29, 1.82) is 0 Å². The van der Waals surface area contributed by atoms with Gasteiger partial charge in [0.05, 0.1) is 6.42 Å². The number of hydrogen-bond donors (Lipinski definition) is 2. The number of halogens is 1. The Labute approximate surface area is 201 Å². The number of ether oxygens (including phenoxy) is 1. The number of carbonyl (C=O) groups is 2. The minimum Gasteiger partial charge on any atom is -0.481 e. The minimum atomic E-state index is -0.949. The normalized spacial score (nSPS) is 19.9. The van der Waals surface area contributed by atoms with Crippen molar-refractivity contribution in [3.63, 3.8) is 0 Å². The summed E-state index contributed by atoms with van der Waals surface area (Å²) in [5.74, 6) is -0.303. The molecule has 0 spiro atoms. The number of allylic oxidation sites excluding steroid dienone is 8. The highest BCUT2D eigenvalue weighted by Crippen LogP contribution is 2.33. The van der Waals surface area contributed by atoms with Gasteiger partial charge in [0.25, 0.3) is 5.91 Å². The van der Waals surface area contributed by atoms with Crippen LogP contribution < -0.4 is 5.32 Å². The molecule has 1 aliphatic carbocycles. The van der Waals surface area contributed by atoms with Gasteiger partial charge in [0, 0.05) is 29.9 Å². The number of carboxylic acid groups (broad SMARTS) is 1. The Morgan fingerprint density at radius 1 is 1.26 bits per heavy atom. The van der Waals surface area contributed by atoms with Crippen LogP contribution in [-0.2, 0) is 9.53 Å². The SMILES string of the molecule is C=CC1C=C(OCF)C=CC1/C=C/C(/C(C)=C/C)C(C)c1ccc(C(=O)NCCC(=O)O)cc1. The minimum absolute atomic E-state index is 0.0172. The van der Waals surface area contributed by atoms with Gasteiger partial charge >= 0.3 is 5.97 Å². The van der Waals surface area contributed by atoms with Crippen LogP contribution in [-0.4, -0.2) is 30.4 Å². The van der Waals surface area contributed by atoms with Gasteiger partial charge in [0.1, 0.15) is 5.76 Å². The number of carbonyl (C=O) groups excluding carboxylic acids is 1. The van der Waals surface area contributed by atoms with Crippen LogP contribution in [0, 0.1) is 17.8 Å². The number of benzene rings is 1. The number of aliphatic carboxylic acids is 1. The first-order chi connectivity index (χ1) is 16.3. The summed E-state index contributed by atoms with van der Waals surface area (Å²) in [6.07, 6.45) is 13.8. The quantitative estimate of drug-likeness (QED) is 0.373. The molecule has 182 valence electrons. The van der Waals surface area contributed by atoms with E-state index in [4.69, 9.17) is 9.84 Å². The van der Waals surface area contributed by atoms with E-state index in [9.17, 15) is 14.0 Å². The number of rotatable bonds is 12. The topological polar surface area (TPSA) is 75.6 Å². The third-order valence-electron chi connectivity index (χ3n) is 6.16. The molecule has 0 aromatic heterocycles. The maximum atomic E-state index is 12.5. The monoisotopic (exact) mass is 467 g/mol. The number of nitrogens with one attached hydrogen (secondary N) is 1. The van der Waals surface area contributed by atoms with Crippen LogP contribution in [0.4, 0.5) is 4.39 Å². The molecular formula is C28H34FNO4. The average Bonchev–Trinajstić information content (AvgIpc) is 2.84. The van der Waals surface area contributed by atoms with Gasteiger partial charge in [-0.3, -0.25) is 9.59 Å². The predicted octanol–water partition coefficient (Wildman–Crippen LogP) is 5.95. The van der Waals surface area contributed by atoms with E-state index in [0.717, 1.165) is 5.56 Å². The molecule has 1 amide bonds. The standard InChI is InChI=1S/C28H34FNO4/c1-5-19(3)26(14-12-23-11-13-25(34-18-29)17-21(23)6-2)20(4)22-7-9-24(10-8-22)28(33)30-16-15-27(31)32/h5-14,17,20-21,23,26H,2,15-16,18H2,1,3-4H3,(H,30,33)(H,31,32)/b14-12+,19-5+. The number of hydrogen-bond acceptors (Lipinski definition) is 3. The maximum absolute atomic E-state index is 12.5. The van der Waals surface area contributed by atoms with Gasteiger partial charge in [-0.2, -0.15) is 0 Å². The van der Waals surface area contributed by atoms with Crippen molar-refractivity contribution in [2.75, 3.05) is 13.4 Å². The molecule has 2 rings (SSSR count). The van der Waals surface area contributed by atoms with Crippen molar-refractivity contribution in [2.24, 2.45) is 17.8 Å².